The lowest BCUT2D eigenvalue weighted by Crippen LogP contribution is -2.53. The molecule has 0 aliphatic rings. The van der Waals surface area contributed by atoms with Gasteiger partial charge in [-0.1, -0.05) is 65.1 Å². The summed E-state index contributed by atoms with van der Waals surface area (Å²) in [5, 5.41) is 10.0. The molecule has 1 atom stereocenters. The molecule has 116 valence electrons. The number of carbonyl (C=O) groups excluding carboxylic acids is 1. The average molecular weight is 362 g/mol. The normalized spacial score (nSPS) is 12.7. The van der Waals surface area contributed by atoms with Crippen molar-refractivity contribution in [2.45, 2.75) is 18.6 Å². The number of benzene rings is 1. The standard InChI is InChI=1S/C12H9Cl3F3NO2/c13-9(14)10(15)19(11(20)21)8(12(16,17)18)6-7-4-2-1-3-5-7/h1-5,8H,6H2,(H,20,21)/p-1. The van der Waals surface area contributed by atoms with E-state index in [1.165, 1.54) is 24.3 Å². The van der Waals surface area contributed by atoms with Gasteiger partial charge in [-0.2, -0.15) is 13.2 Å². The highest BCUT2D eigenvalue weighted by Gasteiger charge is 2.45. The van der Waals surface area contributed by atoms with Gasteiger partial charge in [-0.15, -0.1) is 0 Å². The molecule has 0 saturated heterocycles. The molecule has 0 heterocycles. The molecule has 0 aliphatic carbocycles. The maximum Gasteiger partial charge on any atom is 0.409 e. The van der Waals surface area contributed by atoms with Crippen LogP contribution in [0.2, 0.25) is 0 Å². The first-order valence-electron chi connectivity index (χ1n) is 5.46. The predicted octanol–water partition coefficient (Wildman–Crippen LogP) is 3.65. The molecule has 0 aliphatic heterocycles. The fraction of sp³-hybridized carbons (Fsp3) is 0.250. The third kappa shape index (κ3) is 4.98. The number of rotatable bonds is 4. The zero-order valence-electron chi connectivity index (χ0n) is 10.2. The Kier molecular flexibility index (Phi) is 6.19. The molecule has 0 bridgehead atoms. The Morgan fingerprint density at radius 2 is 1.71 bits per heavy atom. The lowest BCUT2D eigenvalue weighted by molar-refractivity contribution is -0.275. The summed E-state index contributed by atoms with van der Waals surface area (Å²) in [4.78, 5) is 10.8. The highest BCUT2D eigenvalue weighted by Crippen LogP contribution is 2.33. The number of hydrogen-bond donors (Lipinski definition) is 0. The maximum atomic E-state index is 13.1. The molecule has 1 amide bonds. The molecule has 0 radical (unpaired) electrons. The Labute approximate surface area is 133 Å². The topological polar surface area (TPSA) is 43.4 Å². The second-order valence-corrected chi connectivity index (χ2v) is 5.24. The molecule has 0 N–H and O–H groups in total. The van der Waals surface area contributed by atoms with Crippen LogP contribution in [-0.4, -0.2) is 23.2 Å². The lowest BCUT2D eigenvalue weighted by Gasteiger charge is -2.34. The van der Waals surface area contributed by atoms with Gasteiger partial charge in [0, 0.05) is 6.42 Å². The number of nitrogens with zero attached hydrogens (tertiary/aromatic N) is 1. The number of carboxylic acid groups (broad SMARTS) is 1. The maximum absolute atomic E-state index is 13.1. The monoisotopic (exact) mass is 360 g/mol. The van der Waals surface area contributed by atoms with Crippen LogP contribution < -0.4 is 5.11 Å². The highest BCUT2D eigenvalue weighted by molar-refractivity contribution is 6.59. The first-order chi connectivity index (χ1) is 9.64. The van der Waals surface area contributed by atoms with Crippen LogP contribution in [0, 0.1) is 0 Å². The quantitative estimate of drug-likeness (QED) is 0.768. The zero-order chi connectivity index (χ0) is 16.2. The van der Waals surface area contributed by atoms with Gasteiger partial charge in [-0.05, 0) is 5.56 Å². The largest absolute Gasteiger partial charge is 0.530 e. The minimum Gasteiger partial charge on any atom is -0.530 e. The van der Waals surface area contributed by atoms with Crippen LogP contribution in [0.1, 0.15) is 5.56 Å². The van der Waals surface area contributed by atoms with Gasteiger partial charge in [-0.3, -0.25) is 0 Å². The van der Waals surface area contributed by atoms with Crippen LogP contribution in [-0.2, 0) is 6.42 Å². The number of carbonyl (C=O) groups is 1. The predicted molar refractivity (Wildman–Crippen MR) is 71.8 cm³/mol. The van der Waals surface area contributed by atoms with Crippen LogP contribution in [0.4, 0.5) is 18.0 Å². The van der Waals surface area contributed by atoms with Crippen LogP contribution in [0.3, 0.4) is 0 Å². The second-order valence-electron chi connectivity index (χ2n) is 3.93. The summed E-state index contributed by atoms with van der Waals surface area (Å²) in [5.41, 5.74) is 0.265. The number of halogens is 6. The van der Waals surface area contributed by atoms with Crippen molar-refractivity contribution in [1.82, 2.24) is 4.90 Å². The van der Waals surface area contributed by atoms with Crippen molar-refractivity contribution in [2.75, 3.05) is 0 Å². The van der Waals surface area contributed by atoms with E-state index in [9.17, 15) is 23.1 Å². The molecular formula is C12H8Cl3F3NO2-. The van der Waals surface area contributed by atoms with Crippen LogP contribution in [0.25, 0.3) is 0 Å². The Morgan fingerprint density at radius 3 is 2.10 bits per heavy atom. The van der Waals surface area contributed by atoms with Gasteiger partial charge in [0.15, 0.2) is 0 Å². The Balaban J connectivity index is 3.23. The molecule has 21 heavy (non-hydrogen) atoms. The lowest BCUT2D eigenvalue weighted by atomic mass is 10.0. The fourth-order valence-electron chi connectivity index (χ4n) is 1.63. The van der Waals surface area contributed by atoms with E-state index < -0.39 is 34.4 Å². The minimum absolute atomic E-state index is 0.204. The van der Waals surface area contributed by atoms with E-state index in [2.05, 4.69) is 0 Å². The Hall–Kier alpha value is -1.11. The van der Waals surface area contributed by atoms with Gasteiger partial charge in [0.05, 0.1) is 0 Å². The second kappa shape index (κ2) is 7.24. The smallest absolute Gasteiger partial charge is 0.409 e. The van der Waals surface area contributed by atoms with E-state index in [4.69, 9.17) is 34.8 Å². The summed E-state index contributed by atoms with van der Waals surface area (Å²) in [6, 6.07) is 5.05. The molecule has 1 rings (SSSR count). The van der Waals surface area contributed by atoms with E-state index in [0.29, 0.717) is 0 Å². The van der Waals surface area contributed by atoms with Gasteiger partial charge < -0.3 is 14.8 Å². The van der Waals surface area contributed by atoms with Crippen LogP contribution in [0.5, 0.6) is 0 Å². The molecule has 0 fully saturated rings. The summed E-state index contributed by atoms with van der Waals surface area (Å²) in [6.45, 7) is 0. The van der Waals surface area contributed by atoms with E-state index in [0.717, 1.165) is 0 Å². The molecule has 1 aromatic rings. The number of amides is 1. The third-order valence-corrected chi connectivity index (χ3v) is 3.45. The first kappa shape index (κ1) is 17.9. The summed E-state index contributed by atoms with van der Waals surface area (Å²) >= 11 is 16.0. The van der Waals surface area contributed by atoms with Gasteiger partial charge in [0.1, 0.15) is 21.8 Å². The Morgan fingerprint density at radius 1 is 1.19 bits per heavy atom. The molecule has 3 nitrogen and oxygen atoms in total. The van der Waals surface area contributed by atoms with E-state index >= 15 is 0 Å². The summed E-state index contributed by atoms with van der Waals surface area (Å²) in [5.74, 6) is 0. The fourth-order valence-corrected chi connectivity index (χ4v) is 1.99. The van der Waals surface area contributed by atoms with Crippen molar-refractivity contribution in [3.63, 3.8) is 0 Å². The zero-order valence-corrected chi connectivity index (χ0v) is 12.5. The minimum atomic E-state index is -4.89. The molecule has 1 aromatic carbocycles. The van der Waals surface area contributed by atoms with Crippen LogP contribution in [0.15, 0.2) is 40.0 Å². The molecule has 0 spiro atoms. The van der Waals surface area contributed by atoms with Crippen molar-refractivity contribution in [2.24, 2.45) is 0 Å². The SMILES string of the molecule is O=C([O-])N(C(Cl)=C(Cl)Cl)C(Cc1ccccc1)C(F)(F)F. The van der Waals surface area contributed by atoms with Crippen molar-refractivity contribution in [3.8, 4) is 0 Å². The van der Waals surface area contributed by atoms with Crippen molar-refractivity contribution < 1.29 is 23.1 Å². The Bertz CT molecular complexity index is 530. The summed E-state index contributed by atoms with van der Waals surface area (Å²) < 4.78 is 38.6. The van der Waals surface area contributed by atoms with Crippen molar-refractivity contribution >= 4 is 40.9 Å². The van der Waals surface area contributed by atoms with Gasteiger partial charge in [0.25, 0.3) is 0 Å². The van der Waals surface area contributed by atoms with Crippen molar-refractivity contribution in [3.05, 3.63) is 45.5 Å². The van der Waals surface area contributed by atoms with Crippen LogP contribution >= 0.6 is 34.8 Å². The van der Waals surface area contributed by atoms with Crippen molar-refractivity contribution in [1.29, 1.82) is 0 Å². The van der Waals surface area contributed by atoms with E-state index in [1.807, 2.05) is 0 Å². The van der Waals surface area contributed by atoms with Gasteiger partial charge in [-0.25, -0.2) is 0 Å². The van der Waals surface area contributed by atoms with Gasteiger partial charge in [0.2, 0.25) is 0 Å². The molecule has 0 saturated carbocycles. The molecule has 1 unspecified atom stereocenters. The summed E-state index contributed by atoms with van der Waals surface area (Å²) in [6.07, 6.45) is -7.70. The summed E-state index contributed by atoms with van der Waals surface area (Å²) in [7, 11) is 0. The van der Waals surface area contributed by atoms with Gasteiger partial charge >= 0.3 is 6.18 Å². The molecule has 9 heteroatoms. The molecular weight excluding hydrogens is 353 g/mol. The number of alkyl halides is 3. The van der Waals surface area contributed by atoms with E-state index in [-0.39, 0.29) is 10.5 Å². The molecule has 0 aromatic heterocycles. The number of hydrogen-bond acceptors (Lipinski definition) is 2. The van der Waals surface area contributed by atoms with E-state index in [1.54, 1.807) is 6.07 Å². The third-order valence-electron chi connectivity index (χ3n) is 2.53. The first-order valence-corrected chi connectivity index (χ1v) is 6.59. The average Bonchev–Trinajstić information content (AvgIpc) is 2.37. The highest BCUT2D eigenvalue weighted by atomic mass is 35.5.